The Morgan fingerprint density at radius 1 is 0.837 bits per heavy atom. The third-order valence-electron chi connectivity index (χ3n) is 10.1. The molecule has 1 atom stereocenters. The largest absolute Gasteiger partial charge is 0.493 e. The molecule has 0 bridgehead atoms. The molecule has 2 fully saturated rings. The van der Waals surface area contributed by atoms with Crippen molar-refractivity contribution in [2.24, 2.45) is 5.41 Å². The van der Waals surface area contributed by atoms with E-state index in [4.69, 9.17) is 23.9 Å². The topological polar surface area (TPSA) is 81.5 Å². The van der Waals surface area contributed by atoms with Crippen molar-refractivity contribution < 1.29 is 23.7 Å². The highest BCUT2D eigenvalue weighted by atomic mass is 16.5. The highest BCUT2D eigenvalue weighted by molar-refractivity contribution is 5.80. The standard InChI is InChI=1S/C39H51N5O5/c1-5-49-23-22-44-33-15-10-9-14-32(33)40-38(44)42-18-11-17-41(20-21-42)19-16-39(26-30-12-7-6-8-13-30)27-36(45)43(29-39)28-31-24-34(46-2)37(48-4)35(25-31)47-3/h6-10,12-15,24-25H,5,11,16-23,26-29H2,1-4H3. The lowest BCUT2D eigenvalue weighted by molar-refractivity contribution is -0.128. The van der Waals surface area contributed by atoms with E-state index < -0.39 is 0 Å². The van der Waals surface area contributed by atoms with Crippen LogP contribution in [0, 0.1) is 5.41 Å². The molecule has 0 aliphatic carbocycles. The van der Waals surface area contributed by atoms with Gasteiger partial charge in [-0.15, -0.1) is 0 Å². The Morgan fingerprint density at radius 3 is 2.33 bits per heavy atom. The zero-order chi connectivity index (χ0) is 34.2. The van der Waals surface area contributed by atoms with Gasteiger partial charge in [0.05, 0.1) is 39.0 Å². The van der Waals surface area contributed by atoms with Crippen LogP contribution in [0.25, 0.3) is 11.0 Å². The molecule has 0 radical (unpaired) electrons. The van der Waals surface area contributed by atoms with Crippen LogP contribution in [0.5, 0.6) is 17.2 Å². The third-order valence-corrected chi connectivity index (χ3v) is 10.1. The molecule has 3 heterocycles. The Bertz CT molecular complexity index is 1670. The molecule has 10 heteroatoms. The van der Waals surface area contributed by atoms with Gasteiger partial charge in [0.25, 0.3) is 0 Å². The van der Waals surface area contributed by atoms with Gasteiger partial charge in [0.15, 0.2) is 11.5 Å². The number of nitrogens with zero attached hydrogens (tertiary/aromatic N) is 5. The van der Waals surface area contributed by atoms with Gasteiger partial charge in [-0.05, 0) is 74.7 Å². The molecule has 49 heavy (non-hydrogen) atoms. The van der Waals surface area contributed by atoms with Gasteiger partial charge >= 0.3 is 0 Å². The average Bonchev–Trinajstić information content (AvgIpc) is 3.52. The second-order valence-electron chi connectivity index (χ2n) is 13.3. The molecule has 262 valence electrons. The van der Waals surface area contributed by atoms with E-state index in [0.29, 0.717) is 50.0 Å². The van der Waals surface area contributed by atoms with Gasteiger partial charge in [0.1, 0.15) is 0 Å². The lowest BCUT2D eigenvalue weighted by Gasteiger charge is -2.32. The molecule has 0 saturated carbocycles. The van der Waals surface area contributed by atoms with Gasteiger partial charge < -0.3 is 38.2 Å². The molecule has 2 saturated heterocycles. The van der Waals surface area contributed by atoms with Gasteiger partial charge in [-0.2, -0.15) is 0 Å². The molecule has 4 aromatic rings. The number of amides is 1. The van der Waals surface area contributed by atoms with Crippen molar-refractivity contribution in [3.63, 3.8) is 0 Å². The number of likely N-dealkylation sites (tertiary alicyclic amines) is 1. The number of benzene rings is 3. The van der Waals surface area contributed by atoms with E-state index in [2.05, 4.69) is 69.0 Å². The van der Waals surface area contributed by atoms with Gasteiger partial charge in [0.2, 0.25) is 17.6 Å². The molecule has 10 nitrogen and oxygen atoms in total. The molecule has 6 rings (SSSR count). The number of carbonyl (C=O) groups excluding carboxylic acids is 1. The molecule has 2 aliphatic rings. The summed E-state index contributed by atoms with van der Waals surface area (Å²) in [5.41, 5.74) is 4.26. The van der Waals surface area contributed by atoms with E-state index in [1.807, 2.05) is 24.0 Å². The smallest absolute Gasteiger partial charge is 0.223 e. The number of fused-ring (bicyclic) bond motifs is 1. The van der Waals surface area contributed by atoms with Gasteiger partial charge in [0, 0.05) is 57.7 Å². The van der Waals surface area contributed by atoms with Crippen molar-refractivity contribution in [3.8, 4) is 17.2 Å². The number of para-hydroxylation sites is 2. The first-order chi connectivity index (χ1) is 24.0. The first-order valence-corrected chi connectivity index (χ1v) is 17.6. The summed E-state index contributed by atoms with van der Waals surface area (Å²) in [5.74, 6) is 2.97. The minimum absolute atomic E-state index is 0.154. The Hall–Kier alpha value is -4.28. The van der Waals surface area contributed by atoms with Crippen LogP contribution in [0.3, 0.4) is 0 Å². The summed E-state index contributed by atoms with van der Waals surface area (Å²) in [7, 11) is 4.84. The molecule has 1 unspecified atom stereocenters. The number of aromatic nitrogens is 2. The number of methoxy groups -OCH3 is 3. The van der Waals surface area contributed by atoms with E-state index in [9.17, 15) is 4.79 Å². The number of hydrogen-bond donors (Lipinski definition) is 0. The van der Waals surface area contributed by atoms with Crippen LogP contribution < -0.4 is 19.1 Å². The van der Waals surface area contributed by atoms with Crippen molar-refractivity contribution in [1.29, 1.82) is 0 Å². The van der Waals surface area contributed by atoms with Crippen LogP contribution in [-0.2, 0) is 29.0 Å². The maximum Gasteiger partial charge on any atom is 0.223 e. The molecule has 1 aromatic heterocycles. The first kappa shape index (κ1) is 34.6. The number of carbonyl (C=O) groups is 1. The summed E-state index contributed by atoms with van der Waals surface area (Å²) in [6, 6.07) is 22.9. The van der Waals surface area contributed by atoms with Crippen LogP contribution in [0.15, 0.2) is 66.7 Å². The van der Waals surface area contributed by atoms with Crippen LogP contribution in [0.2, 0.25) is 0 Å². The lowest BCUT2D eigenvalue weighted by Crippen LogP contribution is -2.37. The van der Waals surface area contributed by atoms with Crippen LogP contribution in [-0.4, -0.2) is 99.1 Å². The zero-order valence-electron chi connectivity index (χ0n) is 29.5. The second kappa shape index (κ2) is 16.0. The van der Waals surface area contributed by atoms with Crippen LogP contribution in [0.1, 0.15) is 37.3 Å². The average molecular weight is 670 g/mol. The minimum Gasteiger partial charge on any atom is -0.493 e. The molecule has 0 N–H and O–H groups in total. The van der Waals surface area contributed by atoms with Crippen LogP contribution >= 0.6 is 0 Å². The Kier molecular flexibility index (Phi) is 11.3. The normalized spacial score (nSPS) is 18.7. The fourth-order valence-electron chi connectivity index (χ4n) is 7.59. The summed E-state index contributed by atoms with van der Waals surface area (Å²) >= 11 is 0. The van der Waals surface area contributed by atoms with Crippen molar-refractivity contribution in [1.82, 2.24) is 19.4 Å². The van der Waals surface area contributed by atoms with E-state index in [1.54, 1.807) is 21.3 Å². The minimum atomic E-state index is -0.154. The fourth-order valence-corrected chi connectivity index (χ4v) is 7.59. The van der Waals surface area contributed by atoms with Crippen molar-refractivity contribution in [2.75, 3.05) is 78.7 Å². The Morgan fingerprint density at radius 2 is 1.59 bits per heavy atom. The van der Waals surface area contributed by atoms with Gasteiger partial charge in [-0.25, -0.2) is 4.98 Å². The Balaban J connectivity index is 1.16. The zero-order valence-corrected chi connectivity index (χ0v) is 29.5. The fraction of sp³-hybridized carbons (Fsp3) is 0.487. The molecule has 1 amide bonds. The summed E-state index contributed by atoms with van der Waals surface area (Å²) < 4.78 is 24.8. The number of rotatable bonds is 15. The van der Waals surface area contributed by atoms with E-state index in [1.165, 1.54) is 5.56 Å². The quantitative estimate of drug-likeness (QED) is 0.150. The summed E-state index contributed by atoms with van der Waals surface area (Å²) in [6.07, 6.45) is 3.42. The predicted molar refractivity (Wildman–Crippen MR) is 193 cm³/mol. The van der Waals surface area contributed by atoms with Crippen molar-refractivity contribution in [3.05, 3.63) is 77.9 Å². The molecular weight excluding hydrogens is 618 g/mol. The van der Waals surface area contributed by atoms with Gasteiger partial charge in [-0.3, -0.25) is 4.79 Å². The SMILES string of the molecule is CCOCCn1c(N2CCCN(CCC3(Cc4ccccc4)CC(=O)N(Cc4cc(OC)c(OC)c(OC)c4)C3)CC2)nc2ccccc21. The highest BCUT2D eigenvalue weighted by Gasteiger charge is 2.43. The van der Waals surface area contributed by atoms with Gasteiger partial charge in [-0.1, -0.05) is 42.5 Å². The monoisotopic (exact) mass is 669 g/mol. The number of anilines is 1. The molecule has 0 spiro atoms. The summed E-state index contributed by atoms with van der Waals surface area (Å²) in [5, 5.41) is 0. The van der Waals surface area contributed by atoms with Crippen molar-refractivity contribution >= 4 is 22.9 Å². The van der Waals surface area contributed by atoms with Crippen molar-refractivity contribution in [2.45, 2.75) is 45.7 Å². The molecular formula is C39H51N5O5. The third kappa shape index (κ3) is 7.97. The van der Waals surface area contributed by atoms with Crippen LogP contribution in [0.4, 0.5) is 5.95 Å². The molecule has 3 aromatic carbocycles. The number of imidazole rings is 1. The highest BCUT2D eigenvalue weighted by Crippen LogP contribution is 2.42. The summed E-state index contributed by atoms with van der Waals surface area (Å²) in [6.45, 7) is 10.2. The van der Waals surface area contributed by atoms with E-state index in [0.717, 1.165) is 81.1 Å². The van der Waals surface area contributed by atoms with E-state index >= 15 is 0 Å². The first-order valence-electron chi connectivity index (χ1n) is 17.6. The Labute approximate surface area is 290 Å². The summed E-state index contributed by atoms with van der Waals surface area (Å²) in [4.78, 5) is 25.9. The lowest BCUT2D eigenvalue weighted by atomic mass is 9.77. The second-order valence-corrected chi connectivity index (χ2v) is 13.3. The number of ether oxygens (including phenoxy) is 4. The molecule has 2 aliphatic heterocycles. The maximum absolute atomic E-state index is 13.7. The van der Waals surface area contributed by atoms with E-state index in [-0.39, 0.29) is 11.3 Å². The maximum atomic E-state index is 13.7. The predicted octanol–water partition coefficient (Wildman–Crippen LogP) is 5.66. The number of hydrogen-bond acceptors (Lipinski definition) is 8.